The first-order valence-corrected chi connectivity index (χ1v) is 17.8. The van der Waals surface area contributed by atoms with E-state index in [1.54, 1.807) is 0 Å². The van der Waals surface area contributed by atoms with Crippen molar-refractivity contribution in [1.82, 2.24) is 0 Å². The van der Waals surface area contributed by atoms with Crippen LogP contribution in [0.15, 0.2) is 11.6 Å². The van der Waals surface area contributed by atoms with E-state index in [1.165, 1.54) is 12.5 Å². The first-order valence-electron chi connectivity index (χ1n) is 17.8. The minimum Gasteiger partial charge on any atom is -0.463 e. The van der Waals surface area contributed by atoms with Crippen LogP contribution in [0.25, 0.3) is 0 Å². The lowest BCUT2D eigenvalue weighted by Gasteiger charge is -2.58. The maximum atomic E-state index is 12.2. The van der Waals surface area contributed by atoms with Crippen molar-refractivity contribution in [2.45, 2.75) is 146 Å². The van der Waals surface area contributed by atoms with E-state index in [1.807, 2.05) is 13.0 Å². The zero-order chi connectivity index (χ0) is 35.6. The van der Waals surface area contributed by atoms with Crippen molar-refractivity contribution in [3.63, 3.8) is 0 Å². The van der Waals surface area contributed by atoms with Gasteiger partial charge in [-0.3, -0.25) is 9.59 Å². The average molecular weight is 699 g/mol. The van der Waals surface area contributed by atoms with Crippen LogP contribution < -0.4 is 0 Å². The predicted octanol–water partition coefficient (Wildman–Crippen LogP) is -0.295. The molecule has 18 atom stereocenters. The molecule has 278 valence electrons. The molecule has 0 radical (unpaired) electrons. The Morgan fingerprint density at radius 2 is 1.63 bits per heavy atom. The average Bonchev–Trinajstić information content (AvgIpc) is 3.34. The monoisotopic (exact) mass is 698 g/mol. The summed E-state index contributed by atoms with van der Waals surface area (Å²) < 4.78 is 28.8. The molecule has 0 aromatic rings. The predicted molar refractivity (Wildman–Crippen MR) is 168 cm³/mol. The van der Waals surface area contributed by atoms with Gasteiger partial charge in [0, 0.05) is 13.3 Å². The van der Waals surface area contributed by atoms with Crippen molar-refractivity contribution in [2.75, 3.05) is 13.2 Å². The van der Waals surface area contributed by atoms with Gasteiger partial charge in [0.2, 0.25) is 0 Å². The van der Waals surface area contributed by atoms with Gasteiger partial charge in [-0.15, -0.1) is 0 Å². The van der Waals surface area contributed by atoms with E-state index in [0.29, 0.717) is 24.7 Å². The van der Waals surface area contributed by atoms with Crippen LogP contribution in [0, 0.1) is 34.5 Å². The minimum absolute atomic E-state index is 0.0362. The lowest BCUT2D eigenvalue weighted by Crippen LogP contribution is -2.65. The van der Waals surface area contributed by atoms with E-state index in [9.17, 15) is 45.3 Å². The highest BCUT2D eigenvalue weighted by Gasteiger charge is 2.63. The number of rotatable bonds is 8. The summed E-state index contributed by atoms with van der Waals surface area (Å²) in [5.41, 5.74) is 0.944. The highest BCUT2D eigenvalue weighted by molar-refractivity contribution is 5.91. The summed E-state index contributed by atoms with van der Waals surface area (Å²) in [5, 5.41) is 74.6. The van der Waals surface area contributed by atoms with Crippen molar-refractivity contribution in [1.29, 1.82) is 0 Å². The lowest BCUT2D eigenvalue weighted by molar-refractivity contribution is -0.364. The maximum absolute atomic E-state index is 12.2. The lowest BCUT2D eigenvalue weighted by atomic mass is 9.46. The van der Waals surface area contributed by atoms with Crippen molar-refractivity contribution >= 4 is 11.8 Å². The zero-order valence-corrected chi connectivity index (χ0v) is 28.7. The van der Waals surface area contributed by atoms with Crippen LogP contribution in [0.2, 0.25) is 0 Å². The van der Waals surface area contributed by atoms with Crippen LogP contribution in [0.5, 0.6) is 0 Å². The van der Waals surface area contributed by atoms with Crippen molar-refractivity contribution in [3.8, 4) is 0 Å². The molecule has 14 heteroatoms. The standard InChI is InChI=1S/C35H54O14/c1-15(21-12-22(39)25-19-6-5-17-11-18(38)7-9-34(17,3)20(19)8-10-35(21,25)4)46-32-30(44)28(42)31(24(48-32)14-45-16(2)37)49-33-29(43)27(41)26(40)23(13-36)47-33/h11,15,19-33,36,39-44H,5-10,12-14H2,1-4H3/t15-,19+,20-,21+,22-,23+,24+,25+,26+,27-,28+,29+,30+,31+,32+,33-,34-,35+/m0/s1. The summed E-state index contributed by atoms with van der Waals surface area (Å²) in [5.74, 6) is 0.175. The van der Waals surface area contributed by atoms with Gasteiger partial charge >= 0.3 is 5.97 Å². The highest BCUT2D eigenvalue weighted by Crippen LogP contribution is 2.67. The Morgan fingerprint density at radius 1 is 0.939 bits per heavy atom. The van der Waals surface area contributed by atoms with Crippen LogP contribution in [-0.4, -0.2) is 134 Å². The quantitative estimate of drug-likeness (QED) is 0.162. The molecule has 2 aliphatic heterocycles. The number of hydrogen-bond acceptors (Lipinski definition) is 14. The Balaban J connectivity index is 1.17. The molecule has 6 rings (SSSR count). The van der Waals surface area contributed by atoms with Gasteiger partial charge < -0.3 is 59.4 Å². The highest BCUT2D eigenvalue weighted by atomic mass is 16.7. The van der Waals surface area contributed by atoms with Crippen LogP contribution >= 0.6 is 0 Å². The van der Waals surface area contributed by atoms with Gasteiger partial charge in [-0.2, -0.15) is 0 Å². The Kier molecular flexibility index (Phi) is 10.7. The summed E-state index contributed by atoms with van der Waals surface area (Å²) in [6.07, 6.45) is -9.15. The summed E-state index contributed by atoms with van der Waals surface area (Å²) in [6.45, 7) is 6.45. The van der Waals surface area contributed by atoms with Gasteiger partial charge in [-0.05, 0) is 86.0 Å². The second kappa shape index (κ2) is 14.1. The van der Waals surface area contributed by atoms with E-state index in [0.717, 1.165) is 32.1 Å². The smallest absolute Gasteiger partial charge is 0.302 e. The molecule has 6 aliphatic rings. The number of carbonyl (C=O) groups excluding carboxylic acids is 2. The van der Waals surface area contributed by atoms with Crippen LogP contribution in [0.1, 0.15) is 72.6 Å². The molecular weight excluding hydrogens is 644 g/mol. The van der Waals surface area contributed by atoms with E-state index >= 15 is 0 Å². The van der Waals surface area contributed by atoms with Crippen molar-refractivity contribution in [3.05, 3.63) is 11.6 Å². The second-order valence-corrected chi connectivity index (χ2v) is 15.8. The molecular formula is C35H54O14. The Hall–Kier alpha value is -1.56. The molecule has 5 fully saturated rings. The number of fused-ring (bicyclic) bond motifs is 5. The number of allylic oxidation sites excluding steroid dienone is 1. The van der Waals surface area contributed by atoms with E-state index in [4.69, 9.17) is 23.7 Å². The molecule has 14 nitrogen and oxygen atoms in total. The summed E-state index contributed by atoms with van der Waals surface area (Å²) in [4.78, 5) is 24.0. The minimum atomic E-state index is -1.78. The maximum Gasteiger partial charge on any atom is 0.302 e. The van der Waals surface area contributed by atoms with Gasteiger partial charge in [0.1, 0.15) is 55.4 Å². The first-order chi connectivity index (χ1) is 23.1. The van der Waals surface area contributed by atoms with Crippen molar-refractivity contribution < 1.29 is 69.0 Å². The van der Waals surface area contributed by atoms with E-state index in [-0.39, 0.29) is 28.4 Å². The van der Waals surface area contributed by atoms with Crippen LogP contribution in [-0.2, 0) is 33.3 Å². The number of esters is 1. The molecule has 49 heavy (non-hydrogen) atoms. The third kappa shape index (κ3) is 6.54. The molecule has 0 spiro atoms. The second-order valence-electron chi connectivity index (χ2n) is 15.8. The largest absolute Gasteiger partial charge is 0.463 e. The topological polar surface area (TPSA) is 222 Å². The molecule has 0 amide bonds. The van der Waals surface area contributed by atoms with Crippen LogP contribution in [0.4, 0.5) is 0 Å². The molecule has 0 unspecified atom stereocenters. The van der Waals surface area contributed by atoms with Gasteiger partial charge in [0.05, 0.1) is 18.8 Å². The number of ketones is 1. The summed E-state index contributed by atoms with van der Waals surface area (Å²) >= 11 is 0. The van der Waals surface area contributed by atoms with Gasteiger partial charge in [0.15, 0.2) is 18.4 Å². The zero-order valence-electron chi connectivity index (χ0n) is 28.7. The SMILES string of the molecule is CC(=O)OC[C@H]1O[C@@H](O[C@@H](C)[C@H]2C[C@H](O)[C@H]3[C@@H]4CCC5=CC(=O)CC[C@]5(C)[C@H]4CC[C@@]32C)[C@H](O)[C@@H](O)[C@@H]1O[C@@H]1O[C@H](CO)[C@@H](O)[C@H](O)[C@H]1O. The normalized spacial score (nSPS) is 50.5. The molecule has 0 bridgehead atoms. The summed E-state index contributed by atoms with van der Waals surface area (Å²) in [7, 11) is 0. The summed E-state index contributed by atoms with van der Waals surface area (Å²) in [6, 6.07) is 0. The first kappa shape index (κ1) is 37.2. The molecule has 4 aliphatic carbocycles. The number of carbonyl (C=O) groups is 2. The molecule has 7 N–H and O–H groups in total. The third-order valence-corrected chi connectivity index (χ3v) is 13.2. The Labute approximate surface area is 286 Å². The number of aliphatic hydroxyl groups excluding tert-OH is 7. The molecule has 0 aromatic carbocycles. The van der Waals surface area contributed by atoms with Gasteiger partial charge in [-0.1, -0.05) is 19.4 Å². The van der Waals surface area contributed by atoms with Gasteiger partial charge in [-0.25, -0.2) is 0 Å². The number of aliphatic hydroxyl groups is 7. The third-order valence-electron chi connectivity index (χ3n) is 13.2. The number of hydrogen-bond donors (Lipinski definition) is 7. The van der Waals surface area contributed by atoms with E-state index in [2.05, 4.69) is 13.8 Å². The van der Waals surface area contributed by atoms with Gasteiger partial charge in [0.25, 0.3) is 0 Å². The van der Waals surface area contributed by atoms with Crippen molar-refractivity contribution in [2.24, 2.45) is 34.5 Å². The fraction of sp³-hybridized carbons (Fsp3) is 0.886. The molecule has 2 heterocycles. The fourth-order valence-corrected chi connectivity index (χ4v) is 10.6. The molecule has 0 aromatic heterocycles. The fourth-order valence-electron chi connectivity index (χ4n) is 10.6. The Bertz CT molecular complexity index is 1260. The number of ether oxygens (including phenoxy) is 5. The Morgan fingerprint density at radius 3 is 2.33 bits per heavy atom. The van der Waals surface area contributed by atoms with E-state index < -0.39 is 92.8 Å². The molecule has 3 saturated carbocycles. The van der Waals surface area contributed by atoms with Crippen LogP contribution in [0.3, 0.4) is 0 Å². The molecule has 2 saturated heterocycles.